The number of terminal acetylenes is 1. The highest BCUT2D eigenvalue weighted by molar-refractivity contribution is 5.79. The summed E-state index contributed by atoms with van der Waals surface area (Å²) in [6.07, 6.45) is 5.33. The number of carbonyl (C=O) groups is 1. The molecule has 0 aromatic carbocycles. The van der Waals surface area contributed by atoms with Gasteiger partial charge in [-0.2, -0.15) is 0 Å². The van der Waals surface area contributed by atoms with Crippen LogP contribution in [0.25, 0.3) is 0 Å². The number of amides is 1. The quantitative estimate of drug-likeness (QED) is 0.585. The van der Waals surface area contributed by atoms with Crippen LogP contribution in [0.3, 0.4) is 0 Å². The first-order chi connectivity index (χ1) is 6.16. The highest BCUT2D eigenvalue weighted by Crippen LogP contribution is 2.10. The van der Waals surface area contributed by atoms with Crippen molar-refractivity contribution in [3.63, 3.8) is 0 Å². The Morgan fingerprint density at radius 1 is 1.54 bits per heavy atom. The van der Waals surface area contributed by atoms with Crippen molar-refractivity contribution >= 4 is 5.91 Å². The minimum atomic E-state index is 0.0731. The molecule has 0 saturated carbocycles. The zero-order chi connectivity index (χ0) is 9.84. The molecule has 0 radical (unpaired) electrons. The van der Waals surface area contributed by atoms with Gasteiger partial charge in [0.15, 0.2) is 0 Å². The van der Waals surface area contributed by atoms with E-state index in [0.29, 0.717) is 0 Å². The van der Waals surface area contributed by atoms with Gasteiger partial charge in [0, 0.05) is 25.2 Å². The van der Waals surface area contributed by atoms with Crippen molar-refractivity contribution in [3.8, 4) is 12.3 Å². The van der Waals surface area contributed by atoms with E-state index < -0.39 is 0 Å². The summed E-state index contributed by atoms with van der Waals surface area (Å²) >= 11 is 0. The Hall–Kier alpha value is -1.01. The molecule has 1 aliphatic rings. The second-order valence-corrected chi connectivity index (χ2v) is 3.54. The van der Waals surface area contributed by atoms with Gasteiger partial charge in [0.05, 0.1) is 6.42 Å². The Morgan fingerprint density at radius 2 is 2.08 bits per heavy atom. The van der Waals surface area contributed by atoms with E-state index in [1.54, 1.807) is 0 Å². The summed E-state index contributed by atoms with van der Waals surface area (Å²) in [5, 5.41) is 3.27. The Labute approximate surface area is 79.5 Å². The summed E-state index contributed by atoms with van der Waals surface area (Å²) in [5.74, 6) is 2.47. The highest BCUT2D eigenvalue weighted by atomic mass is 16.2. The molecule has 1 saturated heterocycles. The number of rotatable bonds is 1. The lowest BCUT2D eigenvalue weighted by molar-refractivity contribution is -0.135. The van der Waals surface area contributed by atoms with Gasteiger partial charge in [0.25, 0.3) is 0 Å². The average molecular weight is 180 g/mol. The molecule has 0 bridgehead atoms. The third kappa shape index (κ3) is 2.22. The van der Waals surface area contributed by atoms with E-state index in [1.165, 1.54) is 0 Å². The fraction of sp³-hybridized carbons (Fsp3) is 0.700. The molecule has 0 aliphatic carbocycles. The van der Waals surface area contributed by atoms with Gasteiger partial charge < -0.3 is 10.2 Å². The van der Waals surface area contributed by atoms with Gasteiger partial charge in [-0.1, -0.05) is 5.92 Å². The van der Waals surface area contributed by atoms with Gasteiger partial charge in [0.1, 0.15) is 0 Å². The topological polar surface area (TPSA) is 32.3 Å². The van der Waals surface area contributed by atoms with Crippen LogP contribution in [-0.4, -0.2) is 36.0 Å². The molecule has 0 unspecified atom stereocenters. The van der Waals surface area contributed by atoms with Crippen LogP contribution in [0.4, 0.5) is 0 Å². The monoisotopic (exact) mass is 180 g/mol. The van der Waals surface area contributed by atoms with Gasteiger partial charge in [-0.25, -0.2) is 0 Å². The van der Waals surface area contributed by atoms with Crippen LogP contribution in [0.1, 0.15) is 20.3 Å². The third-order valence-corrected chi connectivity index (χ3v) is 2.37. The van der Waals surface area contributed by atoms with Crippen LogP contribution in [-0.2, 0) is 4.79 Å². The first-order valence-corrected chi connectivity index (χ1v) is 4.62. The molecule has 0 aromatic heterocycles. The van der Waals surface area contributed by atoms with E-state index in [-0.39, 0.29) is 24.4 Å². The molecular formula is C10H16N2O. The molecule has 1 rings (SSSR count). The maximum atomic E-state index is 11.6. The van der Waals surface area contributed by atoms with Gasteiger partial charge in [0.2, 0.25) is 5.91 Å². The standard InChI is InChI=1S/C10H16N2O/c1-4-5-10(13)12-8(2)6-11-7-9(12)3/h1,8-9,11H,5-7H2,2-3H3/t8-,9+. The minimum absolute atomic E-state index is 0.0731. The van der Waals surface area contributed by atoms with Crippen molar-refractivity contribution in [1.29, 1.82) is 0 Å². The zero-order valence-corrected chi connectivity index (χ0v) is 8.21. The fourth-order valence-electron chi connectivity index (χ4n) is 1.80. The number of nitrogens with zero attached hydrogens (tertiary/aromatic N) is 1. The molecule has 72 valence electrons. The van der Waals surface area contributed by atoms with Gasteiger partial charge in [-0.15, -0.1) is 6.42 Å². The summed E-state index contributed by atoms with van der Waals surface area (Å²) in [4.78, 5) is 13.5. The molecule has 1 fully saturated rings. The van der Waals surface area contributed by atoms with Crippen LogP contribution in [0, 0.1) is 12.3 Å². The lowest BCUT2D eigenvalue weighted by Gasteiger charge is -2.39. The fourth-order valence-corrected chi connectivity index (χ4v) is 1.80. The summed E-state index contributed by atoms with van der Waals surface area (Å²) in [5.41, 5.74) is 0. The first-order valence-electron chi connectivity index (χ1n) is 4.62. The molecule has 0 spiro atoms. The molecule has 3 heteroatoms. The van der Waals surface area contributed by atoms with E-state index in [1.807, 2.05) is 18.7 Å². The predicted molar refractivity (Wildman–Crippen MR) is 52.1 cm³/mol. The maximum Gasteiger partial charge on any atom is 0.235 e. The lowest BCUT2D eigenvalue weighted by Crippen LogP contribution is -2.57. The Morgan fingerprint density at radius 3 is 2.54 bits per heavy atom. The molecular weight excluding hydrogens is 164 g/mol. The van der Waals surface area contributed by atoms with Crippen molar-refractivity contribution in [2.45, 2.75) is 32.4 Å². The Bertz CT molecular complexity index is 222. The van der Waals surface area contributed by atoms with Gasteiger partial charge >= 0.3 is 0 Å². The molecule has 1 heterocycles. The van der Waals surface area contributed by atoms with Crippen molar-refractivity contribution < 1.29 is 4.79 Å². The van der Waals surface area contributed by atoms with E-state index in [0.717, 1.165) is 13.1 Å². The number of hydrogen-bond donors (Lipinski definition) is 1. The smallest absolute Gasteiger partial charge is 0.235 e. The van der Waals surface area contributed by atoms with Crippen LogP contribution in [0.5, 0.6) is 0 Å². The highest BCUT2D eigenvalue weighted by Gasteiger charge is 2.27. The third-order valence-electron chi connectivity index (χ3n) is 2.37. The Balaban J connectivity index is 2.63. The number of piperazine rings is 1. The van der Waals surface area contributed by atoms with Gasteiger partial charge in [-0.05, 0) is 13.8 Å². The number of carbonyl (C=O) groups excluding carboxylic acids is 1. The Kier molecular flexibility index (Phi) is 3.32. The van der Waals surface area contributed by atoms with Crippen molar-refractivity contribution in [1.82, 2.24) is 10.2 Å². The number of hydrogen-bond acceptors (Lipinski definition) is 2. The molecule has 13 heavy (non-hydrogen) atoms. The van der Waals surface area contributed by atoms with Crippen LogP contribution in [0.2, 0.25) is 0 Å². The van der Waals surface area contributed by atoms with Crippen LogP contribution < -0.4 is 5.32 Å². The summed E-state index contributed by atoms with van der Waals surface area (Å²) in [6, 6.07) is 0.509. The van der Waals surface area contributed by atoms with Crippen molar-refractivity contribution in [2.24, 2.45) is 0 Å². The molecule has 1 aliphatic heterocycles. The molecule has 3 nitrogen and oxygen atoms in total. The van der Waals surface area contributed by atoms with E-state index >= 15 is 0 Å². The molecule has 2 atom stereocenters. The van der Waals surface area contributed by atoms with Crippen molar-refractivity contribution in [3.05, 3.63) is 0 Å². The normalized spacial score (nSPS) is 28.2. The van der Waals surface area contributed by atoms with E-state index in [9.17, 15) is 4.79 Å². The summed E-state index contributed by atoms with van der Waals surface area (Å²) in [7, 11) is 0. The first kappa shape index (κ1) is 10.1. The molecule has 0 aromatic rings. The van der Waals surface area contributed by atoms with E-state index in [4.69, 9.17) is 6.42 Å². The second-order valence-electron chi connectivity index (χ2n) is 3.54. The maximum absolute atomic E-state index is 11.6. The zero-order valence-electron chi connectivity index (χ0n) is 8.21. The minimum Gasteiger partial charge on any atom is -0.334 e. The molecule has 1 N–H and O–H groups in total. The predicted octanol–water partition coefficient (Wildman–Crippen LogP) is 0.218. The summed E-state index contributed by atoms with van der Waals surface area (Å²) in [6.45, 7) is 5.80. The van der Waals surface area contributed by atoms with Crippen LogP contribution >= 0.6 is 0 Å². The van der Waals surface area contributed by atoms with E-state index in [2.05, 4.69) is 11.2 Å². The average Bonchev–Trinajstić information content (AvgIpc) is 2.04. The SMILES string of the molecule is C#CCC(=O)N1[C@H](C)CNC[C@@H]1C. The van der Waals surface area contributed by atoms with Crippen molar-refractivity contribution in [2.75, 3.05) is 13.1 Å². The largest absolute Gasteiger partial charge is 0.334 e. The molecule has 1 amide bonds. The van der Waals surface area contributed by atoms with Crippen LogP contribution in [0.15, 0.2) is 0 Å². The second kappa shape index (κ2) is 4.29. The number of nitrogens with one attached hydrogen (secondary N) is 1. The lowest BCUT2D eigenvalue weighted by atomic mass is 10.1. The summed E-state index contributed by atoms with van der Waals surface area (Å²) < 4.78 is 0. The van der Waals surface area contributed by atoms with Gasteiger partial charge in [-0.3, -0.25) is 4.79 Å².